The second-order valence-electron chi connectivity index (χ2n) is 5.14. The second-order valence-corrected chi connectivity index (χ2v) is 7.12. The maximum absolute atomic E-state index is 12.5. The van der Waals surface area contributed by atoms with Crippen LogP contribution < -0.4 is 5.73 Å². The minimum absolute atomic E-state index is 0.114. The average Bonchev–Trinajstić information content (AvgIpc) is 3.06. The van der Waals surface area contributed by atoms with E-state index in [4.69, 9.17) is 5.73 Å². The lowest BCUT2D eigenvalue weighted by Gasteiger charge is -2.27. The predicted octanol–water partition coefficient (Wildman–Crippen LogP) is -0.0268. The molecule has 1 aromatic heterocycles. The van der Waals surface area contributed by atoms with Crippen LogP contribution in [0.25, 0.3) is 0 Å². The van der Waals surface area contributed by atoms with Crippen LogP contribution in [-0.4, -0.2) is 60.5 Å². The van der Waals surface area contributed by atoms with Crippen molar-refractivity contribution in [3.05, 3.63) is 11.8 Å². The standard InChI is InChI=1S/C12H23N5O2S/c1-3-17-6-4-5-11(17)9-16(2)20(18,19)12-10(7-13)8-14-15-12/h8,11H,3-7,9,13H2,1-2H3,(H,14,15). The summed E-state index contributed by atoms with van der Waals surface area (Å²) in [5.74, 6) is 0. The van der Waals surface area contributed by atoms with E-state index < -0.39 is 10.0 Å². The Bertz CT molecular complexity index is 542. The summed E-state index contributed by atoms with van der Waals surface area (Å²) < 4.78 is 26.5. The topological polar surface area (TPSA) is 95.3 Å². The monoisotopic (exact) mass is 301 g/mol. The van der Waals surface area contributed by atoms with Crippen molar-refractivity contribution in [2.75, 3.05) is 26.7 Å². The van der Waals surface area contributed by atoms with Crippen molar-refractivity contribution in [1.29, 1.82) is 0 Å². The number of aromatic nitrogens is 2. The highest BCUT2D eigenvalue weighted by atomic mass is 32.2. The minimum Gasteiger partial charge on any atom is -0.326 e. The van der Waals surface area contributed by atoms with Gasteiger partial charge in [0.15, 0.2) is 5.03 Å². The van der Waals surface area contributed by atoms with Gasteiger partial charge in [-0.25, -0.2) is 8.42 Å². The van der Waals surface area contributed by atoms with E-state index >= 15 is 0 Å². The molecule has 1 aromatic rings. The smallest absolute Gasteiger partial charge is 0.260 e. The Morgan fingerprint density at radius 1 is 1.60 bits per heavy atom. The van der Waals surface area contributed by atoms with Crippen LogP contribution in [0, 0.1) is 0 Å². The summed E-state index contributed by atoms with van der Waals surface area (Å²) in [6.07, 6.45) is 3.64. The highest BCUT2D eigenvalue weighted by Gasteiger charge is 2.31. The molecule has 7 nitrogen and oxygen atoms in total. The van der Waals surface area contributed by atoms with Crippen LogP contribution in [0.15, 0.2) is 11.2 Å². The summed E-state index contributed by atoms with van der Waals surface area (Å²) in [6, 6.07) is 0.295. The fraction of sp³-hybridized carbons (Fsp3) is 0.750. The first-order valence-electron chi connectivity index (χ1n) is 6.93. The SMILES string of the molecule is CCN1CCCC1CN(C)S(=O)(=O)c1[nH]ncc1CN. The molecule has 0 spiro atoms. The number of likely N-dealkylation sites (tertiary alicyclic amines) is 1. The van der Waals surface area contributed by atoms with Gasteiger partial charge in [-0.3, -0.25) is 10.00 Å². The van der Waals surface area contributed by atoms with Gasteiger partial charge < -0.3 is 5.73 Å². The van der Waals surface area contributed by atoms with Crippen molar-refractivity contribution in [3.8, 4) is 0 Å². The van der Waals surface area contributed by atoms with Crippen molar-refractivity contribution in [3.63, 3.8) is 0 Å². The lowest BCUT2D eigenvalue weighted by Crippen LogP contribution is -2.41. The number of likely N-dealkylation sites (N-methyl/N-ethyl adjacent to an activating group) is 2. The zero-order valence-corrected chi connectivity index (χ0v) is 12.9. The van der Waals surface area contributed by atoms with Gasteiger partial charge in [0.05, 0.1) is 6.20 Å². The molecule has 1 aliphatic heterocycles. The molecule has 114 valence electrons. The largest absolute Gasteiger partial charge is 0.326 e. The number of nitrogens with two attached hydrogens (primary N) is 1. The van der Waals surface area contributed by atoms with Crippen LogP contribution >= 0.6 is 0 Å². The van der Waals surface area contributed by atoms with Gasteiger partial charge in [-0.1, -0.05) is 6.92 Å². The van der Waals surface area contributed by atoms with Crippen LogP contribution in [0.2, 0.25) is 0 Å². The Morgan fingerprint density at radius 3 is 3.00 bits per heavy atom. The van der Waals surface area contributed by atoms with Crippen molar-refractivity contribution < 1.29 is 8.42 Å². The summed E-state index contributed by atoms with van der Waals surface area (Å²) in [7, 11) is -1.94. The van der Waals surface area contributed by atoms with Crippen molar-refractivity contribution in [1.82, 2.24) is 19.4 Å². The molecular formula is C12H23N5O2S. The van der Waals surface area contributed by atoms with Gasteiger partial charge >= 0.3 is 0 Å². The molecule has 1 aliphatic rings. The molecule has 1 atom stereocenters. The molecule has 0 aliphatic carbocycles. The first-order chi connectivity index (χ1) is 9.50. The van der Waals surface area contributed by atoms with E-state index in [9.17, 15) is 8.42 Å². The zero-order valence-electron chi connectivity index (χ0n) is 12.0. The molecule has 2 rings (SSSR count). The fourth-order valence-electron chi connectivity index (χ4n) is 2.74. The first-order valence-corrected chi connectivity index (χ1v) is 8.37. The molecule has 2 heterocycles. The van der Waals surface area contributed by atoms with Crippen LogP contribution in [0.1, 0.15) is 25.3 Å². The summed E-state index contributed by atoms with van der Waals surface area (Å²) in [5.41, 5.74) is 6.07. The maximum atomic E-state index is 12.5. The number of nitrogens with one attached hydrogen (secondary N) is 1. The molecule has 0 aromatic carbocycles. The minimum atomic E-state index is -3.55. The molecule has 1 fully saturated rings. The van der Waals surface area contributed by atoms with Crippen molar-refractivity contribution >= 4 is 10.0 Å². The van der Waals surface area contributed by atoms with E-state index in [1.807, 2.05) is 0 Å². The normalized spacial score (nSPS) is 20.9. The van der Waals surface area contributed by atoms with Gasteiger partial charge in [-0.15, -0.1) is 0 Å². The first kappa shape index (κ1) is 15.4. The molecule has 8 heteroatoms. The Kier molecular flexibility index (Phi) is 4.79. The Labute approximate surface area is 120 Å². The Hall–Kier alpha value is -0.960. The zero-order chi connectivity index (χ0) is 14.8. The molecule has 3 N–H and O–H groups in total. The molecular weight excluding hydrogens is 278 g/mol. The summed E-state index contributed by atoms with van der Waals surface area (Å²) in [4.78, 5) is 2.32. The highest BCUT2D eigenvalue weighted by molar-refractivity contribution is 7.89. The molecule has 20 heavy (non-hydrogen) atoms. The molecule has 0 bridgehead atoms. The van der Waals surface area contributed by atoms with Gasteiger partial charge in [-0.05, 0) is 25.9 Å². The quantitative estimate of drug-likeness (QED) is 0.769. The third-order valence-electron chi connectivity index (χ3n) is 3.94. The molecule has 0 amide bonds. The number of rotatable bonds is 6. The third kappa shape index (κ3) is 2.88. The third-order valence-corrected chi connectivity index (χ3v) is 5.78. The molecule has 1 saturated heterocycles. The predicted molar refractivity (Wildman–Crippen MR) is 76.6 cm³/mol. The van der Waals surface area contributed by atoms with E-state index in [-0.39, 0.29) is 11.6 Å². The van der Waals surface area contributed by atoms with E-state index in [0.29, 0.717) is 18.2 Å². The number of sulfonamides is 1. The number of hydrogen-bond acceptors (Lipinski definition) is 5. The summed E-state index contributed by atoms with van der Waals surface area (Å²) in [6.45, 7) is 4.76. The van der Waals surface area contributed by atoms with E-state index in [2.05, 4.69) is 22.0 Å². The number of hydrogen-bond donors (Lipinski definition) is 2. The number of aromatic amines is 1. The van der Waals surface area contributed by atoms with Crippen LogP contribution in [-0.2, 0) is 16.6 Å². The van der Waals surface area contributed by atoms with Gasteiger partial charge in [0, 0.05) is 31.7 Å². The van der Waals surface area contributed by atoms with Gasteiger partial charge in [0.25, 0.3) is 10.0 Å². The Balaban J connectivity index is 2.13. The molecule has 0 radical (unpaired) electrons. The second kappa shape index (κ2) is 6.21. The van der Waals surface area contributed by atoms with E-state index in [1.54, 1.807) is 7.05 Å². The molecule has 0 saturated carbocycles. The van der Waals surface area contributed by atoms with Crippen LogP contribution in [0.4, 0.5) is 0 Å². The molecule has 1 unspecified atom stereocenters. The summed E-state index contributed by atoms with van der Waals surface area (Å²) in [5, 5.41) is 6.45. The highest BCUT2D eigenvalue weighted by Crippen LogP contribution is 2.21. The van der Waals surface area contributed by atoms with Gasteiger partial charge in [-0.2, -0.15) is 9.40 Å². The summed E-state index contributed by atoms with van der Waals surface area (Å²) >= 11 is 0. The lowest BCUT2D eigenvalue weighted by molar-refractivity contribution is 0.237. The maximum Gasteiger partial charge on any atom is 0.260 e. The van der Waals surface area contributed by atoms with Gasteiger partial charge in [0.2, 0.25) is 0 Å². The van der Waals surface area contributed by atoms with Crippen molar-refractivity contribution in [2.24, 2.45) is 5.73 Å². The van der Waals surface area contributed by atoms with E-state index in [1.165, 1.54) is 10.5 Å². The van der Waals surface area contributed by atoms with Crippen molar-refractivity contribution in [2.45, 2.75) is 37.4 Å². The number of nitrogens with zero attached hydrogens (tertiary/aromatic N) is 3. The van der Waals surface area contributed by atoms with Gasteiger partial charge in [0.1, 0.15) is 0 Å². The fourth-order valence-corrected chi connectivity index (χ4v) is 4.05. The Morgan fingerprint density at radius 2 is 2.35 bits per heavy atom. The van der Waals surface area contributed by atoms with Crippen LogP contribution in [0.3, 0.4) is 0 Å². The average molecular weight is 301 g/mol. The van der Waals surface area contributed by atoms with Crippen LogP contribution in [0.5, 0.6) is 0 Å². The lowest BCUT2D eigenvalue weighted by atomic mass is 10.2. The van der Waals surface area contributed by atoms with E-state index in [0.717, 1.165) is 25.9 Å². The number of H-pyrrole nitrogens is 1.